The number of benzene rings is 9. The molecule has 9 aromatic carbocycles. The Bertz CT molecular complexity index is 3930. The second kappa shape index (κ2) is 12.7. The number of nitrogens with zero attached hydrogens (tertiary/aromatic N) is 2. The number of fused-ring (bicyclic) bond motifs is 9. The van der Waals surface area contributed by atoms with Gasteiger partial charge < -0.3 is 9.13 Å². The van der Waals surface area contributed by atoms with Gasteiger partial charge in [-0.15, -0.1) is 11.3 Å². The fraction of sp³-hybridized carbons (Fsp3) is 0. The zero-order valence-corrected chi connectivity index (χ0v) is 31.2. The topological polar surface area (TPSA) is 9.86 Å². The summed E-state index contributed by atoms with van der Waals surface area (Å²) in [4.78, 5) is 0. The Morgan fingerprint density at radius 1 is 0.368 bits per heavy atom. The Morgan fingerprint density at radius 2 is 1.07 bits per heavy atom. The molecule has 57 heavy (non-hydrogen) atoms. The molecule has 3 heterocycles. The highest BCUT2D eigenvalue weighted by atomic mass is 32.1. The van der Waals surface area contributed by atoms with E-state index in [0.29, 0.717) is 11.3 Å². The fourth-order valence-corrected chi connectivity index (χ4v) is 9.73. The minimum Gasteiger partial charge on any atom is -0.309 e. The van der Waals surface area contributed by atoms with E-state index >= 15 is 0 Å². The van der Waals surface area contributed by atoms with Crippen LogP contribution in [0.3, 0.4) is 0 Å². The van der Waals surface area contributed by atoms with Crippen LogP contribution >= 0.6 is 11.3 Å². The molecule has 0 radical (unpaired) electrons. The molecule has 0 spiro atoms. The van der Waals surface area contributed by atoms with Crippen LogP contribution in [0.2, 0.25) is 0 Å². The lowest BCUT2D eigenvalue weighted by Crippen LogP contribution is -1.94. The van der Waals surface area contributed by atoms with Crippen molar-refractivity contribution in [2.24, 2.45) is 0 Å². The van der Waals surface area contributed by atoms with Gasteiger partial charge in [-0.25, -0.2) is 0 Å². The van der Waals surface area contributed by atoms with Crippen molar-refractivity contribution in [2.75, 3.05) is 0 Å². The van der Waals surface area contributed by atoms with Gasteiger partial charge in [0, 0.05) is 53.1 Å². The summed E-state index contributed by atoms with van der Waals surface area (Å²) in [6.45, 7) is 0. The Kier molecular flexibility index (Phi) is 5.74. The highest BCUT2D eigenvalue weighted by molar-refractivity contribution is 7.25. The lowest BCUT2D eigenvalue weighted by molar-refractivity contribution is 1.18. The van der Waals surface area contributed by atoms with Gasteiger partial charge in [0.1, 0.15) is 0 Å². The van der Waals surface area contributed by atoms with Crippen LogP contribution < -0.4 is 0 Å². The van der Waals surface area contributed by atoms with E-state index in [1.807, 2.05) is 84.9 Å². The fourth-order valence-electron chi connectivity index (χ4n) is 8.59. The molecule has 0 aliphatic heterocycles. The zero-order valence-electron chi connectivity index (χ0n) is 37.4. The van der Waals surface area contributed by atoms with Crippen molar-refractivity contribution in [1.29, 1.82) is 0 Å². The Morgan fingerprint density at radius 3 is 1.96 bits per heavy atom. The van der Waals surface area contributed by atoms with Gasteiger partial charge in [0.25, 0.3) is 0 Å². The molecule has 0 saturated carbocycles. The Labute approximate surface area is 343 Å². The van der Waals surface area contributed by atoms with Gasteiger partial charge in [0.2, 0.25) is 0 Å². The van der Waals surface area contributed by atoms with Crippen LogP contribution in [0, 0.1) is 0 Å². The summed E-state index contributed by atoms with van der Waals surface area (Å²) in [6, 6.07) is 53.5. The maximum atomic E-state index is 9.99. The van der Waals surface area contributed by atoms with E-state index < -0.39 is 12.1 Å². The van der Waals surface area contributed by atoms with E-state index in [9.17, 15) is 6.85 Å². The largest absolute Gasteiger partial charge is 0.309 e. The summed E-state index contributed by atoms with van der Waals surface area (Å²) in [5, 5.41) is 4.44. The average Bonchev–Trinajstić information content (AvgIpc) is 4.01. The monoisotopic (exact) mass is 749 g/mol. The number of thiophene rings is 1. The molecule has 3 heteroatoms. The summed E-state index contributed by atoms with van der Waals surface area (Å²) in [5.74, 6) is 0. The van der Waals surface area contributed by atoms with Crippen molar-refractivity contribution in [1.82, 2.24) is 9.13 Å². The molecule has 0 atom stereocenters. The van der Waals surface area contributed by atoms with Crippen molar-refractivity contribution in [3.8, 4) is 44.8 Å². The minimum atomic E-state index is -0.419. The second-order valence-electron chi connectivity index (χ2n) is 14.4. The number of para-hydroxylation sites is 1. The third kappa shape index (κ3) is 5.03. The molecule has 0 bridgehead atoms. The molecule has 0 fully saturated rings. The van der Waals surface area contributed by atoms with Crippen molar-refractivity contribution >= 4 is 75.1 Å². The van der Waals surface area contributed by atoms with Crippen LogP contribution in [-0.2, 0) is 0 Å². The maximum absolute atomic E-state index is 9.99. The smallest absolute Gasteiger partial charge is 0.0645 e. The quantitative estimate of drug-likeness (QED) is 0.166. The Balaban J connectivity index is 1.15. The molecule has 0 saturated heterocycles. The van der Waals surface area contributed by atoms with E-state index in [2.05, 4.69) is 83.4 Å². The van der Waals surface area contributed by atoms with E-state index in [-0.39, 0.29) is 57.6 Å². The first-order valence-electron chi connectivity index (χ1n) is 22.4. The van der Waals surface area contributed by atoms with Gasteiger partial charge in [0.05, 0.1) is 31.7 Å². The molecule has 3 aromatic heterocycles. The van der Waals surface area contributed by atoms with Crippen LogP contribution in [0.15, 0.2) is 206 Å². The molecule has 0 unspecified atom stereocenters. The molecule has 0 amide bonds. The van der Waals surface area contributed by atoms with Crippen LogP contribution in [-0.4, -0.2) is 9.13 Å². The lowest BCUT2D eigenvalue weighted by Gasteiger charge is -2.11. The standard InChI is InChI=1S/C54H34N2S/c1-3-13-35(14-4-1)37-17-11-18-40(31-37)56-50-30-26-39(33-47(50)54-42(21-12-23-51(54)56)36-15-5-2-6-16-36)38-25-29-49-46(32-38)43-19-7-9-22-48(43)55(49)41-27-28-45-44-20-8-10-24-52(44)57-53(45)34-41/h1-34H/i7D,9D,19D,22D,25D,29D,32D. The highest BCUT2D eigenvalue weighted by Gasteiger charge is 2.19. The van der Waals surface area contributed by atoms with Gasteiger partial charge >= 0.3 is 0 Å². The van der Waals surface area contributed by atoms with Crippen LogP contribution in [0.1, 0.15) is 9.60 Å². The molecule has 266 valence electrons. The third-order valence-electron chi connectivity index (χ3n) is 11.2. The summed E-state index contributed by atoms with van der Waals surface area (Å²) >= 11 is 1.62. The van der Waals surface area contributed by atoms with Gasteiger partial charge in [-0.2, -0.15) is 0 Å². The highest BCUT2D eigenvalue weighted by Crippen LogP contribution is 2.42. The van der Waals surface area contributed by atoms with Gasteiger partial charge in [-0.1, -0.05) is 139 Å². The van der Waals surface area contributed by atoms with Gasteiger partial charge in [-0.3, -0.25) is 0 Å². The van der Waals surface area contributed by atoms with Crippen LogP contribution in [0.25, 0.3) is 109 Å². The number of aromatic nitrogens is 2. The van der Waals surface area contributed by atoms with E-state index in [1.54, 1.807) is 15.9 Å². The first kappa shape index (κ1) is 25.8. The average molecular weight is 750 g/mol. The normalized spacial score (nSPS) is 13.6. The SMILES string of the molecule is [2H]c1c([2H])c([2H])c2c(c1[2H])c1c([2H])c(-c3ccc4c(c3)c3c(-c5ccccc5)cccc3n4-c3cccc(-c4ccccc4)c3)c([2H])c([2H])c1n2-c1ccc2c(c1)sc1ccccc12. The molecule has 12 rings (SSSR count). The third-order valence-corrected chi connectivity index (χ3v) is 12.3. The summed E-state index contributed by atoms with van der Waals surface area (Å²) in [6.07, 6.45) is 0. The predicted molar refractivity (Wildman–Crippen MR) is 244 cm³/mol. The van der Waals surface area contributed by atoms with Gasteiger partial charge in [-0.05, 0) is 100 Å². The summed E-state index contributed by atoms with van der Waals surface area (Å²) in [7, 11) is 0. The minimum absolute atomic E-state index is 0.0744. The molecule has 2 nitrogen and oxygen atoms in total. The van der Waals surface area contributed by atoms with Crippen LogP contribution in [0.4, 0.5) is 0 Å². The molecular weight excluding hydrogens is 709 g/mol. The second-order valence-corrected chi connectivity index (χ2v) is 15.4. The molecule has 12 aromatic rings. The Hall–Kier alpha value is -7.20. The maximum Gasteiger partial charge on any atom is 0.0645 e. The van der Waals surface area contributed by atoms with Crippen molar-refractivity contribution in [3.63, 3.8) is 0 Å². The first-order chi connectivity index (χ1) is 31.2. The van der Waals surface area contributed by atoms with E-state index in [4.69, 9.17) is 2.74 Å². The summed E-state index contributed by atoms with van der Waals surface area (Å²) in [5.41, 5.74) is 8.90. The molecular formula is C54H34N2S. The van der Waals surface area contributed by atoms with Crippen LogP contribution in [0.5, 0.6) is 0 Å². The molecule has 0 aliphatic carbocycles. The lowest BCUT2D eigenvalue weighted by atomic mass is 9.97. The van der Waals surface area contributed by atoms with Crippen molar-refractivity contribution < 1.29 is 9.60 Å². The zero-order chi connectivity index (χ0) is 43.5. The number of hydrogen-bond acceptors (Lipinski definition) is 1. The van der Waals surface area contributed by atoms with Crippen molar-refractivity contribution in [2.45, 2.75) is 0 Å². The first-order valence-corrected chi connectivity index (χ1v) is 19.8. The van der Waals surface area contributed by atoms with E-state index in [1.165, 1.54) is 0 Å². The van der Waals surface area contributed by atoms with Gasteiger partial charge in [0.15, 0.2) is 0 Å². The summed E-state index contributed by atoms with van der Waals surface area (Å²) < 4.78 is 71.4. The number of hydrogen-bond donors (Lipinski definition) is 0. The predicted octanol–water partition coefficient (Wildman–Crippen LogP) is 15.2. The molecule has 0 N–H and O–H groups in total. The van der Waals surface area contributed by atoms with E-state index in [0.717, 1.165) is 69.9 Å². The van der Waals surface area contributed by atoms with Crippen molar-refractivity contribution in [3.05, 3.63) is 206 Å². The number of rotatable bonds is 5. The molecule has 0 aliphatic rings.